The fourth-order valence-corrected chi connectivity index (χ4v) is 2.15. The Morgan fingerprint density at radius 3 is 2.44 bits per heavy atom. The van der Waals surface area contributed by atoms with Crippen LogP contribution in [0.3, 0.4) is 0 Å². The van der Waals surface area contributed by atoms with Gasteiger partial charge < -0.3 is 19.7 Å². The van der Waals surface area contributed by atoms with E-state index in [4.69, 9.17) is 19.7 Å². The van der Waals surface area contributed by atoms with Gasteiger partial charge in [-0.05, 0) is 22.0 Å². The number of anilines is 1. The van der Waals surface area contributed by atoms with Crippen molar-refractivity contribution in [3.8, 4) is 22.8 Å². The molecule has 0 radical (unpaired) electrons. The average Bonchev–Trinajstić information content (AvgIpc) is 2.74. The summed E-state index contributed by atoms with van der Waals surface area (Å²) in [7, 11) is 2.87. The second-order valence-electron chi connectivity index (χ2n) is 3.40. The highest BCUT2D eigenvalue weighted by molar-refractivity contribution is 9.10. The second-order valence-corrected chi connectivity index (χ2v) is 4.25. The summed E-state index contributed by atoms with van der Waals surface area (Å²) in [6, 6.07) is 2.68. The Labute approximate surface area is 111 Å². The van der Waals surface area contributed by atoms with Crippen molar-refractivity contribution < 1.29 is 18.4 Å². The molecule has 0 amide bonds. The first-order valence-electron chi connectivity index (χ1n) is 4.91. The van der Waals surface area contributed by atoms with Crippen molar-refractivity contribution in [2.45, 2.75) is 0 Å². The molecule has 0 unspecified atom stereocenters. The van der Waals surface area contributed by atoms with E-state index < -0.39 is 5.82 Å². The smallest absolute Gasteiger partial charge is 0.222 e. The molecule has 0 aliphatic heterocycles. The topological polar surface area (TPSA) is 70.5 Å². The minimum Gasteiger partial charge on any atom is -0.492 e. The molecule has 96 valence electrons. The highest BCUT2D eigenvalue weighted by Gasteiger charge is 2.22. The molecule has 0 atom stereocenters. The van der Waals surface area contributed by atoms with Crippen LogP contribution in [0.4, 0.5) is 10.3 Å². The number of methoxy groups -OCH3 is 2. The van der Waals surface area contributed by atoms with Crippen molar-refractivity contribution >= 4 is 21.8 Å². The van der Waals surface area contributed by atoms with Crippen molar-refractivity contribution in [3.05, 3.63) is 22.4 Å². The maximum atomic E-state index is 14.0. The van der Waals surface area contributed by atoms with Crippen LogP contribution in [0.1, 0.15) is 0 Å². The van der Waals surface area contributed by atoms with Crippen LogP contribution in [0.2, 0.25) is 0 Å². The summed E-state index contributed by atoms with van der Waals surface area (Å²) < 4.78 is 29.5. The van der Waals surface area contributed by atoms with E-state index in [9.17, 15) is 4.39 Å². The Morgan fingerprint density at radius 2 is 1.94 bits per heavy atom. The van der Waals surface area contributed by atoms with E-state index in [0.717, 1.165) is 0 Å². The first-order chi connectivity index (χ1) is 8.58. The molecular formula is C11H10BrFN2O3. The molecule has 0 saturated carbocycles. The van der Waals surface area contributed by atoms with Crippen LogP contribution >= 0.6 is 15.9 Å². The van der Waals surface area contributed by atoms with Gasteiger partial charge in [-0.1, -0.05) is 5.16 Å². The van der Waals surface area contributed by atoms with E-state index in [1.54, 1.807) is 0 Å². The summed E-state index contributed by atoms with van der Waals surface area (Å²) in [6.07, 6.45) is 0. The van der Waals surface area contributed by atoms with E-state index in [2.05, 4.69) is 21.1 Å². The molecule has 1 aromatic carbocycles. The van der Waals surface area contributed by atoms with Gasteiger partial charge in [0.25, 0.3) is 0 Å². The normalized spacial score (nSPS) is 10.4. The number of hydrogen-bond donors (Lipinski definition) is 1. The SMILES string of the molecule is COc1c(Br)cc(F)c(-c2cc(N)on2)c1OC. The Bertz CT molecular complexity index is 586. The Hall–Kier alpha value is -1.76. The molecule has 0 spiro atoms. The number of rotatable bonds is 3. The highest BCUT2D eigenvalue weighted by atomic mass is 79.9. The van der Waals surface area contributed by atoms with Crippen LogP contribution < -0.4 is 15.2 Å². The van der Waals surface area contributed by atoms with Gasteiger partial charge in [0, 0.05) is 6.07 Å². The molecule has 18 heavy (non-hydrogen) atoms. The molecule has 0 aliphatic rings. The minimum atomic E-state index is -0.521. The van der Waals surface area contributed by atoms with E-state index in [1.165, 1.54) is 26.4 Å². The summed E-state index contributed by atoms with van der Waals surface area (Å²) in [5.41, 5.74) is 5.81. The summed E-state index contributed by atoms with van der Waals surface area (Å²) in [4.78, 5) is 0. The van der Waals surface area contributed by atoms with Crippen LogP contribution in [0.5, 0.6) is 11.5 Å². The lowest BCUT2D eigenvalue weighted by atomic mass is 10.1. The zero-order valence-corrected chi connectivity index (χ0v) is 11.2. The third-order valence-electron chi connectivity index (χ3n) is 2.34. The lowest BCUT2D eigenvalue weighted by molar-refractivity contribution is 0.351. The predicted molar refractivity (Wildman–Crippen MR) is 67.1 cm³/mol. The molecule has 0 aliphatic carbocycles. The van der Waals surface area contributed by atoms with Gasteiger partial charge in [0.1, 0.15) is 11.5 Å². The van der Waals surface area contributed by atoms with E-state index in [1.807, 2.05) is 0 Å². The average molecular weight is 317 g/mol. The zero-order chi connectivity index (χ0) is 13.3. The first kappa shape index (κ1) is 12.7. The standard InChI is InChI=1S/C11H10BrFN2O3/c1-16-10-5(12)3-6(13)9(11(10)17-2)7-4-8(14)18-15-7/h3-4H,14H2,1-2H3. The lowest BCUT2D eigenvalue weighted by Crippen LogP contribution is -1.97. The monoisotopic (exact) mass is 316 g/mol. The number of nitrogen functional groups attached to an aromatic ring is 1. The van der Waals surface area contributed by atoms with Crippen molar-refractivity contribution in [1.29, 1.82) is 0 Å². The third-order valence-corrected chi connectivity index (χ3v) is 2.92. The quantitative estimate of drug-likeness (QED) is 0.942. The van der Waals surface area contributed by atoms with E-state index in [0.29, 0.717) is 10.2 Å². The van der Waals surface area contributed by atoms with E-state index in [-0.39, 0.29) is 22.9 Å². The molecule has 2 aromatic rings. The van der Waals surface area contributed by atoms with Gasteiger partial charge in [0.2, 0.25) is 5.88 Å². The number of ether oxygens (including phenoxy) is 2. The number of benzene rings is 1. The summed E-state index contributed by atoms with van der Waals surface area (Å²) in [5.74, 6) is 0.161. The highest BCUT2D eigenvalue weighted by Crippen LogP contribution is 2.44. The van der Waals surface area contributed by atoms with E-state index >= 15 is 0 Å². The fraction of sp³-hybridized carbons (Fsp3) is 0.182. The Kier molecular flexibility index (Phi) is 3.42. The van der Waals surface area contributed by atoms with Crippen LogP contribution in [0.15, 0.2) is 21.1 Å². The maximum Gasteiger partial charge on any atom is 0.222 e. The van der Waals surface area contributed by atoms with Crippen molar-refractivity contribution in [1.82, 2.24) is 5.16 Å². The molecule has 7 heteroatoms. The summed E-state index contributed by atoms with van der Waals surface area (Å²) in [6.45, 7) is 0. The number of nitrogens with two attached hydrogens (primary N) is 1. The van der Waals surface area contributed by atoms with Crippen molar-refractivity contribution in [2.24, 2.45) is 0 Å². The predicted octanol–water partition coefficient (Wildman–Crippen LogP) is 2.84. The molecule has 1 aromatic heterocycles. The second kappa shape index (κ2) is 4.85. The molecule has 0 saturated heterocycles. The molecule has 0 fully saturated rings. The largest absolute Gasteiger partial charge is 0.492 e. The number of nitrogens with zero attached hydrogens (tertiary/aromatic N) is 1. The fourth-order valence-electron chi connectivity index (χ4n) is 1.61. The lowest BCUT2D eigenvalue weighted by Gasteiger charge is -2.13. The van der Waals surface area contributed by atoms with Gasteiger partial charge in [-0.2, -0.15) is 0 Å². The van der Waals surface area contributed by atoms with Gasteiger partial charge >= 0.3 is 0 Å². The van der Waals surface area contributed by atoms with Crippen LogP contribution in [-0.4, -0.2) is 19.4 Å². The summed E-state index contributed by atoms with van der Waals surface area (Å²) >= 11 is 3.20. The van der Waals surface area contributed by atoms with Crippen LogP contribution in [0.25, 0.3) is 11.3 Å². The van der Waals surface area contributed by atoms with Gasteiger partial charge in [-0.3, -0.25) is 0 Å². The van der Waals surface area contributed by atoms with Crippen molar-refractivity contribution in [3.63, 3.8) is 0 Å². The van der Waals surface area contributed by atoms with Gasteiger partial charge in [0.05, 0.1) is 24.3 Å². The van der Waals surface area contributed by atoms with Crippen LogP contribution in [0, 0.1) is 5.82 Å². The third kappa shape index (κ3) is 2.01. The molecule has 1 heterocycles. The Morgan fingerprint density at radius 1 is 1.28 bits per heavy atom. The van der Waals surface area contributed by atoms with Gasteiger partial charge in [0.15, 0.2) is 11.5 Å². The summed E-state index contributed by atoms with van der Waals surface area (Å²) in [5, 5.41) is 3.67. The number of hydrogen-bond acceptors (Lipinski definition) is 5. The Balaban J connectivity index is 2.73. The van der Waals surface area contributed by atoms with Crippen LogP contribution in [-0.2, 0) is 0 Å². The number of aromatic nitrogens is 1. The molecule has 2 N–H and O–H groups in total. The van der Waals surface area contributed by atoms with Gasteiger partial charge in [-0.15, -0.1) is 0 Å². The van der Waals surface area contributed by atoms with Gasteiger partial charge in [-0.25, -0.2) is 4.39 Å². The molecule has 0 bridgehead atoms. The number of halogens is 2. The molecule has 5 nitrogen and oxygen atoms in total. The first-order valence-corrected chi connectivity index (χ1v) is 5.70. The minimum absolute atomic E-state index is 0.0911. The maximum absolute atomic E-state index is 14.0. The molecule has 2 rings (SSSR count). The van der Waals surface area contributed by atoms with Crippen molar-refractivity contribution in [2.75, 3.05) is 20.0 Å². The zero-order valence-electron chi connectivity index (χ0n) is 9.66. The molecular weight excluding hydrogens is 307 g/mol.